The largest absolute Gasteiger partial charge is 0.481 e. The van der Waals surface area contributed by atoms with E-state index in [1.54, 1.807) is 10.3 Å². The molecule has 0 radical (unpaired) electrons. The highest BCUT2D eigenvalue weighted by molar-refractivity contribution is 7.17. The maximum atomic E-state index is 15.5. The van der Waals surface area contributed by atoms with Crippen LogP contribution in [0.1, 0.15) is 61.4 Å². The van der Waals surface area contributed by atoms with E-state index in [4.69, 9.17) is 16.3 Å². The Morgan fingerprint density at radius 3 is 2.60 bits per heavy atom. The fourth-order valence-corrected chi connectivity index (χ4v) is 8.47. The van der Waals surface area contributed by atoms with Gasteiger partial charge in [0.15, 0.2) is 0 Å². The molecule has 3 amide bonds. The van der Waals surface area contributed by atoms with Crippen molar-refractivity contribution in [3.05, 3.63) is 63.7 Å². The van der Waals surface area contributed by atoms with Crippen molar-refractivity contribution in [2.75, 3.05) is 31.6 Å². The third-order valence-electron chi connectivity index (χ3n) is 9.86. The molecule has 2 aromatic carbocycles. The Morgan fingerprint density at radius 2 is 1.85 bits per heavy atom. The van der Waals surface area contributed by atoms with Gasteiger partial charge in [0.1, 0.15) is 5.82 Å². The molecule has 3 N–H and O–H groups in total. The summed E-state index contributed by atoms with van der Waals surface area (Å²) in [5.41, 5.74) is 0.726. The fourth-order valence-electron chi connectivity index (χ4n) is 7.29. The standard InChI is InChI=1S/C35H40ClFN4O6S/c1-20(42)38-23-10-11-40(16-23)24-14-25(18-47-26-8-6-21(7-9-26)35(45)46)41(17-24)33(43)13-22-12-29(36)31(15-30(22)37)39-34(44)28-19-48-32-5-3-2-4-27(28)32/h2-5,12,15,19,21,23-26H,6-11,13-14,16-18H2,1H3,(H,38,42)(H,39,44)(H,45,46)/t21-,23-,24-,25-,26-/m0/s1. The number of carbonyl (C=O) groups is 4. The number of hydrogen-bond acceptors (Lipinski definition) is 7. The summed E-state index contributed by atoms with van der Waals surface area (Å²) in [7, 11) is 0. The predicted octanol–water partition coefficient (Wildman–Crippen LogP) is 5.33. The lowest BCUT2D eigenvalue weighted by atomic mass is 9.87. The molecule has 1 saturated carbocycles. The van der Waals surface area contributed by atoms with Gasteiger partial charge in [-0.25, -0.2) is 4.39 Å². The van der Waals surface area contributed by atoms with Gasteiger partial charge in [-0.3, -0.25) is 24.1 Å². The summed E-state index contributed by atoms with van der Waals surface area (Å²) in [4.78, 5) is 53.9. The molecule has 13 heteroatoms. The molecule has 6 rings (SSSR count). The lowest BCUT2D eigenvalue weighted by Gasteiger charge is -2.30. The number of amides is 3. The van der Waals surface area contributed by atoms with E-state index in [-0.39, 0.29) is 64.7 Å². The van der Waals surface area contributed by atoms with E-state index in [0.717, 1.165) is 29.1 Å². The number of likely N-dealkylation sites (tertiary alicyclic amines) is 2. The Hall–Kier alpha value is -3.58. The maximum absolute atomic E-state index is 15.5. The molecule has 3 aliphatic rings. The first-order chi connectivity index (χ1) is 23.0. The van der Waals surface area contributed by atoms with Crippen molar-refractivity contribution < 1.29 is 33.4 Å². The molecule has 1 aromatic heterocycles. The Bertz CT molecular complexity index is 1690. The number of nitrogens with zero attached hydrogens (tertiary/aromatic N) is 2. The van der Waals surface area contributed by atoms with Gasteiger partial charge in [-0.15, -0.1) is 11.3 Å². The van der Waals surface area contributed by atoms with E-state index in [1.807, 2.05) is 24.3 Å². The van der Waals surface area contributed by atoms with Crippen LogP contribution in [0.4, 0.5) is 10.1 Å². The first kappa shape index (κ1) is 34.3. The molecule has 2 aliphatic heterocycles. The SMILES string of the molecule is CC(=O)N[C@H]1CCN([C@H]2C[C@@H](CO[C@H]3CC[C@H](C(=O)O)CC3)N(C(=O)Cc3cc(Cl)c(NC(=O)c4csc5ccccc45)cc3F)C2)C1. The minimum absolute atomic E-state index is 0.0556. The summed E-state index contributed by atoms with van der Waals surface area (Å²) in [5, 5.41) is 17.7. The molecule has 48 heavy (non-hydrogen) atoms. The van der Waals surface area contributed by atoms with Crippen LogP contribution in [0.3, 0.4) is 0 Å². The maximum Gasteiger partial charge on any atom is 0.306 e. The Balaban J connectivity index is 1.13. The van der Waals surface area contributed by atoms with E-state index >= 15 is 4.39 Å². The van der Waals surface area contributed by atoms with Crippen LogP contribution in [0.2, 0.25) is 5.02 Å². The molecule has 3 aromatic rings. The van der Waals surface area contributed by atoms with Crippen molar-refractivity contribution in [3.63, 3.8) is 0 Å². The molecule has 3 heterocycles. The molecule has 2 saturated heterocycles. The summed E-state index contributed by atoms with van der Waals surface area (Å²) in [6.45, 7) is 3.75. The Labute approximate surface area is 287 Å². The number of carboxylic acid groups (broad SMARTS) is 1. The normalized spacial score (nSPS) is 24.6. The summed E-state index contributed by atoms with van der Waals surface area (Å²) < 4.78 is 22.7. The van der Waals surface area contributed by atoms with Gasteiger partial charge in [0.25, 0.3) is 5.91 Å². The summed E-state index contributed by atoms with van der Waals surface area (Å²) in [6.07, 6.45) is 3.65. The number of anilines is 1. The number of aliphatic carboxylic acids is 1. The number of fused-ring (bicyclic) bond motifs is 1. The smallest absolute Gasteiger partial charge is 0.306 e. The van der Waals surface area contributed by atoms with E-state index in [1.165, 1.54) is 24.3 Å². The molecule has 0 spiro atoms. The molecule has 10 nitrogen and oxygen atoms in total. The van der Waals surface area contributed by atoms with Crippen molar-refractivity contribution in [1.82, 2.24) is 15.1 Å². The van der Waals surface area contributed by atoms with Gasteiger partial charge in [0, 0.05) is 54.1 Å². The molecular formula is C35H40ClFN4O6S. The fraction of sp³-hybridized carbons (Fsp3) is 0.486. The second kappa shape index (κ2) is 14.9. The van der Waals surface area contributed by atoms with Crippen LogP contribution in [0.15, 0.2) is 41.8 Å². The van der Waals surface area contributed by atoms with E-state index < -0.39 is 17.7 Å². The van der Waals surface area contributed by atoms with Gasteiger partial charge in [-0.05, 0) is 62.3 Å². The molecular weight excluding hydrogens is 659 g/mol. The van der Waals surface area contributed by atoms with Crippen molar-refractivity contribution in [1.29, 1.82) is 0 Å². The molecule has 0 unspecified atom stereocenters. The average molecular weight is 699 g/mol. The zero-order valence-electron chi connectivity index (χ0n) is 26.8. The number of thiophene rings is 1. The minimum Gasteiger partial charge on any atom is -0.481 e. The first-order valence-electron chi connectivity index (χ1n) is 16.5. The zero-order chi connectivity index (χ0) is 33.9. The number of benzene rings is 2. The highest BCUT2D eigenvalue weighted by atomic mass is 35.5. The van der Waals surface area contributed by atoms with Gasteiger partial charge in [-0.1, -0.05) is 29.8 Å². The number of nitrogens with one attached hydrogen (secondary N) is 2. The molecule has 1 aliphatic carbocycles. The number of carbonyl (C=O) groups excluding carboxylic acids is 3. The van der Waals surface area contributed by atoms with Crippen LogP contribution < -0.4 is 10.6 Å². The number of carboxylic acids is 1. The van der Waals surface area contributed by atoms with E-state index in [0.29, 0.717) is 57.4 Å². The van der Waals surface area contributed by atoms with Gasteiger partial charge in [-0.2, -0.15) is 0 Å². The monoisotopic (exact) mass is 698 g/mol. The van der Waals surface area contributed by atoms with Crippen LogP contribution in [0, 0.1) is 11.7 Å². The van der Waals surface area contributed by atoms with Crippen LogP contribution in [0.25, 0.3) is 10.1 Å². The van der Waals surface area contributed by atoms with Crippen LogP contribution >= 0.6 is 22.9 Å². The van der Waals surface area contributed by atoms with Crippen LogP contribution in [0.5, 0.6) is 0 Å². The lowest BCUT2D eigenvalue weighted by molar-refractivity contribution is -0.144. The van der Waals surface area contributed by atoms with Crippen molar-refractivity contribution in [2.24, 2.45) is 5.92 Å². The quantitative estimate of drug-likeness (QED) is 0.261. The number of halogens is 2. The molecule has 3 atom stereocenters. The third-order valence-corrected chi connectivity index (χ3v) is 11.1. The highest BCUT2D eigenvalue weighted by Gasteiger charge is 2.41. The van der Waals surface area contributed by atoms with Crippen LogP contribution in [-0.4, -0.2) is 89.1 Å². The van der Waals surface area contributed by atoms with Crippen molar-refractivity contribution in [2.45, 2.75) is 76.1 Å². The highest BCUT2D eigenvalue weighted by Crippen LogP contribution is 2.32. The second-order valence-electron chi connectivity index (χ2n) is 13.1. The van der Waals surface area contributed by atoms with Gasteiger partial charge in [0.2, 0.25) is 11.8 Å². The van der Waals surface area contributed by atoms with Crippen molar-refractivity contribution in [3.8, 4) is 0 Å². The second-order valence-corrected chi connectivity index (χ2v) is 14.4. The van der Waals surface area contributed by atoms with Crippen LogP contribution in [-0.2, 0) is 25.5 Å². The Kier molecular flexibility index (Phi) is 10.6. The van der Waals surface area contributed by atoms with E-state index in [9.17, 15) is 24.3 Å². The first-order valence-corrected chi connectivity index (χ1v) is 17.7. The molecule has 256 valence electrons. The molecule has 0 bridgehead atoms. The minimum atomic E-state index is -0.772. The molecule has 3 fully saturated rings. The van der Waals surface area contributed by atoms with Gasteiger partial charge >= 0.3 is 5.97 Å². The number of hydrogen-bond donors (Lipinski definition) is 3. The van der Waals surface area contributed by atoms with Crippen molar-refractivity contribution >= 4 is 62.4 Å². The van der Waals surface area contributed by atoms with Gasteiger partial charge < -0.3 is 25.4 Å². The third kappa shape index (κ3) is 7.83. The average Bonchev–Trinajstić information content (AvgIpc) is 3.81. The van der Waals surface area contributed by atoms with Gasteiger partial charge in [0.05, 0.1) is 47.4 Å². The Morgan fingerprint density at radius 1 is 1.08 bits per heavy atom. The summed E-state index contributed by atoms with van der Waals surface area (Å²) in [5.74, 6) is -2.49. The number of ether oxygens (including phenoxy) is 1. The predicted molar refractivity (Wildman–Crippen MR) is 182 cm³/mol. The number of rotatable bonds is 10. The topological polar surface area (TPSA) is 128 Å². The lowest BCUT2D eigenvalue weighted by Crippen LogP contribution is -2.42. The zero-order valence-corrected chi connectivity index (χ0v) is 28.3. The summed E-state index contributed by atoms with van der Waals surface area (Å²) in [6, 6.07) is 9.96. The van der Waals surface area contributed by atoms with E-state index in [2.05, 4.69) is 15.5 Å². The summed E-state index contributed by atoms with van der Waals surface area (Å²) >= 11 is 7.97.